The maximum Gasteiger partial charge on any atom is 0.337 e. The second-order valence-corrected chi connectivity index (χ2v) is 5.19. The Morgan fingerprint density at radius 2 is 1.95 bits per heavy atom. The Kier molecular flexibility index (Phi) is 3.59. The Hall–Kier alpha value is -2.39. The Morgan fingerprint density at radius 3 is 2.76 bits per heavy atom. The third-order valence-corrected chi connectivity index (χ3v) is 3.72. The van der Waals surface area contributed by atoms with E-state index in [0.717, 1.165) is 22.0 Å². The lowest BCUT2D eigenvalue weighted by molar-refractivity contribution is 0.0697. The van der Waals surface area contributed by atoms with Crippen LogP contribution in [0.3, 0.4) is 0 Å². The molecule has 0 unspecified atom stereocenters. The van der Waals surface area contributed by atoms with Crippen LogP contribution in [-0.2, 0) is 6.42 Å². The lowest BCUT2D eigenvalue weighted by atomic mass is 10.00. The molecular weight excluding hydrogens is 286 g/mol. The van der Waals surface area contributed by atoms with Gasteiger partial charge < -0.3 is 5.11 Å². The molecule has 1 N–H and O–H groups in total. The fourth-order valence-corrected chi connectivity index (χ4v) is 2.57. The van der Waals surface area contributed by atoms with Crippen LogP contribution < -0.4 is 0 Å². The molecule has 1 heterocycles. The van der Waals surface area contributed by atoms with Crippen molar-refractivity contribution in [1.82, 2.24) is 4.98 Å². The van der Waals surface area contributed by atoms with Gasteiger partial charge in [-0.25, -0.2) is 4.79 Å². The van der Waals surface area contributed by atoms with E-state index in [1.807, 2.05) is 36.4 Å². The standard InChI is InChI=1S/C17H12ClNO2/c18-15-6-5-11(10-14(15)17(20)21)9-12-7-8-19-16-4-2-1-3-13(12)16/h1-8,10H,9H2,(H,20,21). The van der Waals surface area contributed by atoms with E-state index in [1.165, 1.54) is 0 Å². The van der Waals surface area contributed by atoms with Crippen molar-refractivity contribution in [1.29, 1.82) is 0 Å². The highest BCUT2D eigenvalue weighted by molar-refractivity contribution is 6.33. The normalized spacial score (nSPS) is 10.7. The summed E-state index contributed by atoms with van der Waals surface area (Å²) in [6, 6.07) is 15.0. The Balaban J connectivity index is 2.03. The third-order valence-electron chi connectivity index (χ3n) is 3.40. The number of fused-ring (bicyclic) bond motifs is 1. The van der Waals surface area contributed by atoms with Crippen molar-refractivity contribution in [3.8, 4) is 0 Å². The van der Waals surface area contributed by atoms with Crippen LogP contribution in [0.1, 0.15) is 21.5 Å². The summed E-state index contributed by atoms with van der Waals surface area (Å²) in [6.07, 6.45) is 2.41. The average molecular weight is 298 g/mol. The Labute approximate surface area is 126 Å². The minimum absolute atomic E-state index is 0.132. The molecular formula is C17H12ClNO2. The van der Waals surface area contributed by atoms with Crippen molar-refractivity contribution in [2.24, 2.45) is 0 Å². The van der Waals surface area contributed by atoms with Gasteiger partial charge in [-0.2, -0.15) is 0 Å². The summed E-state index contributed by atoms with van der Waals surface area (Å²) in [4.78, 5) is 15.5. The van der Waals surface area contributed by atoms with Crippen LogP contribution in [0.2, 0.25) is 5.02 Å². The fourth-order valence-electron chi connectivity index (χ4n) is 2.38. The molecule has 0 bridgehead atoms. The van der Waals surface area contributed by atoms with E-state index in [1.54, 1.807) is 18.3 Å². The largest absolute Gasteiger partial charge is 0.478 e. The van der Waals surface area contributed by atoms with Crippen LogP contribution >= 0.6 is 11.6 Å². The van der Waals surface area contributed by atoms with Crippen molar-refractivity contribution in [3.63, 3.8) is 0 Å². The molecule has 0 saturated heterocycles. The van der Waals surface area contributed by atoms with Crippen LogP contribution in [0.25, 0.3) is 10.9 Å². The first-order chi connectivity index (χ1) is 10.1. The maximum atomic E-state index is 11.1. The lowest BCUT2D eigenvalue weighted by Gasteiger charge is -2.07. The van der Waals surface area contributed by atoms with Crippen molar-refractivity contribution < 1.29 is 9.90 Å². The van der Waals surface area contributed by atoms with Crippen LogP contribution in [-0.4, -0.2) is 16.1 Å². The summed E-state index contributed by atoms with van der Waals surface area (Å²) in [6.45, 7) is 0. The minimum atomic E-state index is -1.01. The molecule has 0 saturated carbocycles. The smallest absolute Gasteiger partial charge is 0.337 e. The van der Waals surface area contributed by atoms with E-state index in [9.17, 15) is 4.79 Å². The number of carboxylic acids is 1. The number of nitrogens with zero attached hydrogens (tertiary/aromatic N) is 1. The molecule has 0 aliphatic carbocycles. The first kappa shape index (κ1) is 13.6. The van der Waals surface area contributed by atoms with Crippen LogP contribution in [0.15, 0.2) is 54.7 Å². The zero-order valence-electron chi connectivity index (χ0n) is 11.1. The molecule has 0 radical (unpaired) electrons. The molecule has 0 aliphatic rings. The predicted octanol–water partition coefficient (Wildman–Crippen LogP) is 4.18. The number of rotatable bonds is 3. The molecule has 104 valence electrons. The van der Waals surface area contributed by atoms with Gasteiger partial charge in [0.25, 0.3) is 0 Å². The first-order valence-electron chi connectivity index (χ1n) is 6.49. The highest BCUT2D eigenvalue weighted by atomic mass is 35.5. The van der Waals surface area contributed by atoms with Gasteiger partial charge in [0.2, 0.25) is 0 Å². The topological polar surface area (TPSA) is 50.2 Å². The van der Waals surface area contributed by atoms with E-state index in [-0.39, 0.29) is 10.6 Å². The minimum Gasteiger partial charge on any atom is -0.478 e. The number of hydrogen-bond donors (Lipinski definition) is 1. The maximum absolute atomic E-state index is 11.1. The van der Waals surface area contributed by atoms with Crippen molar-refractivity contribution >= 4 is 28.5 Å². The van der Waals surface area contributed by atoms with Gasteiger partial charge in [0.15, 0.2) is 0 Å². The van der Waals surface area contributed by atoms with Gasteiger partial charge in [0.05, 0.1) is 16.1 Å². The van der Waals surface area contributed by atoms with Gasteiger partial charge in [-0.15, -0.1) is 0 Å². The average Bonchev–Trinajstić information content (AvgIpc) is 2.49. The fraction of sp³-hybridized carbons (Fsp3) is 0.0588. The summed E-state index contributed by atoms with van der Waals surface area (Å²) in [5, 5.41) is 10.5. The zero-order valence-corrected chi connectivity index (χ0v) is 11.8. The number of aromatic nitrogens is 1. The molecule has 3 aromatic rings. The third kappa shape index (κ3) is 2.73. The van der Waals surface area contributed by atoms with Crippen LogP contribution in [0, 0.1) is 0 Å². The lowest BCUT2D eigenvalue weighted by Crippen LogP contribution is -1.99. The van der Waals surface area contributed by atoms with Crippen molar-refractivity contribution in [2.75, 3.05) is 0 Å². The Bertz CT molecular complexity index is 825. The summed E-state index contributed by atoms with van der Waals surface area (Å²) in [7, 11) is 0. The van der Waals surface area contributed by atoms with Gasteiger partial charge in [-0.3, -0.25) is 4.98 Å². The highest BCUT2D eigenvalue weighted by Gasteiger charge is 2.10. The second kappa shape index (κ2) is 5.54. The second-order valence-electron chi connectivity index (χ2n) is 4.78. The van der Waals surface area contributed by atoms with E-state index in [4.69, 9.17) is 16.7 Å². The summed E-state index contributed by atoms with van der Waals surface area (Å²) in [5.74, 6) is -1.01. The number of hydrogen-bond acceptors (Lipinski definition) is 2. The van der Waals surface area contributed by atoms with Crippen LogP contribution in [0.5, 0.6) is 0 Å². The van der Waals surface area contributed by atoms with Gasteiger partial charge in [0.1, 0.15) is 0 Å². The summed E-state index contributed by atoms with van der Waals surface area (Å²) < 4.78 is 0. The van der Waals surface area contributed by atoms with Crippen molar-refractivity contribution in [3.05, 3.63) is 76.4 Å². The van der Waals surface area contributed by atoms with Gasteiger partial charge in [-0.1, -0.05) is 35.9 Å². The first-order valence-corrected chi connectivity index (χ1v) is 6.87. The summed E-state index contributed by atoms with van der Waals surface area (Å²) in [5.41, 5.74) is 3.09. The molecule has 0 amide bonds. The van der Waals surface area contributed by atoms with Gasteiger partial charge >= 0.3 is 5.97 Å². The van der Waals surface area contributed by atoms with Gasteiger partial charge in [-0.05, 0) is 41.8 Å². The summed E-state index contributed by atoms with van der Waals surface area (Å²) >= 11 is 5.90. The van der Waals surface area contributed by atoms with E-state index >= 15 is 0 Å². The number of aromatic carboxylic acids is 1. The molecule has 21 heavy (non-hydrogen) atoms. The van der Waals surface area contributed by atoms with Crippen LogP contribution in [0.4, 0.5) is 0 Å². The van der Waals surface area contributed by atoms with Crippen molar-refractivity contribution in [2.45, 2.75) is 6.42 Å². The Morgan fingerprint density at radius 1 is 1.14 bits per heavy atom. The molecule has 0 spiro atoms. The number of pyridine rings is 1. The quantitative estimate of drug-likeness (QED) is 0.789. The van der Waals surface area contributed by atoms with E-state index in [0.29, 0.717) is 6.42 Å². The number of halogens is 1. The molecule has 2 aromatic carbocycles. The number of carbonyl (C=O) groups is 1. The molecule has 1 aromatic heterocycles. The zero-order chi connectivity index (χ0) is 14.8. The SMILES string of the molecule is O=C(O)c1cc(Cc2ccnc3ccccc23)ccc1Cl. The van der Waals surface area contributed by atoms with E-state index in [2.05, 4.69) is 4.98 Å². The molecule has 4 heteroatoms. The molecule has 3 rings (SSSR count). The molecule has 3 nitrogen and oxygen atoms in total. The number of carboxylic acid groups (broad SMARTS) is 1. The number of para-hydroxylation sites is 1. The highest BCUT2D eigenvalue weighted by Crippen LogP contribution is 2.23. The molecule has 0 atom stereocenters. The predicted molar refractivity (Wildman–Crippen MR) is 83.0 cm³/mol. The molecule has 0 fully saturated rings. The molecule has 0 aliphatic heterocycles. The number of benzene rings is 2. The van der Waals surface area contributed by atoms with Gasteiger partial charge in [0, 0.05) is 11.6 Å². The van der Waals surface area contributed by atoms with E-state index < -0.39 is 5.97 Å². The monoisotopic (exact) mass is 297 g/mol.